The molecule has 1 atom stereocenters. The van der Waals surface area contributed by atoms with Gasteiger partial charge in [0.2, 0.25) is 0 Å². The average Bonchev–Trinajstić information content (AvgIpc) is 3.46. The zero-order valence-corrected chi connectivity index (χ0v) is 22.7. The molecule has 194 valence electrons. The van der Waals surface area contributed by atoms with Gasteiger partial charge in [-0.05, 0) is 66.6 Å². The fourth-order valence-corrected chi connectivity index (χ4v) is 5.56. The molecule has 0 aliphatic carbocycles. The fraction of sp³-hybridized carbons (Fsp3) is 0.179. The van der Waals surface area contributed by atoms with E-state index < -0.39 is 17.7 Å². The molecule has 5 rings (SSSR count). The molecule has 1 N–H and O–H groups in total. The summed E-state index contributed by atoms with van der Waals surface area (Å²) in [6.45, 7) is 2.56. The maximum atomic E-state index is 13.5. The number of ketones is 1. The van der Waals surface area contributed by atoms with Gasteiger partial charge in [-0.2, -0.15) is 0 Å². The number of aliphatic hydroxyl groups is 1. The van der Waals surface area contributed by atoms with Crippen LogP contribution in [0.15, 0.2) is 66.2 Å². The molecule has 1 fully saturated rings. The van der Waals surface area contributed by atoms with E-state index >= 15 is 0 Å². The summed E-state index contributed by atoms with van der Waals surface area (Å²) in [7, 11) is 1.56. The predicted octanol–water partition coefficient (Wildman–Crippen LogP) is 7.03. The lowest BCUT2D eigenvalue weighted by molar-refractivity contribution is -0.132. The van der Waals surface area contributed by atoms with Crippen LogP contribution in [-0.4, -0.2) is 35.5 Å². The van der Waals surface area contributed by atoms with Crippen LogP contribution in [0.25, 0.3) is 16.0 Å². The minimum Gasteiger partial charge on any atom is -0.507 e. The van der Waals surface area contributed by atoms with E-state index in [9.17, 15) is 14.7 Å². The molecule has 0 radical (unpaired) electrons. The monoisotopic (exact) mass is 568 g/mol. The Hall–Kier alpha value is -3.59. The fourth-order valence-electron chi connectivity index (χ4n) is 4.23. The van der Waals surface area contributed by atoms with E-state index in [0.717, 1.165) is 11.1 Å². The van der Waals surface area contributed by atoms with Crippen molar-refractivity contribution in [2.24, 2.45) is 0 Å². The summed E-state index contributed by atoms with van der Waals surface area (Å²) in [5.41, 5.74) is 1.43. The number of fused-ring (bicyclic) bond motifs is 1. The smallest absolute Gasteiger partial charge is 0.301 e. The Morgan fingerprint density at radius 1 is 1.03 bits per heavy atom. The molecule has 0 bridgehead atoms. The molecular formula is C28H22Cl2N2O5S. The predicted molar refractivity (Wildman–Crippen MR) is 150 cm³/mol. The van der Waals surface area contributed by atoms with E-state index in [1.165, 1.54) is 16.2 Å². The van der Waals surface area contributed by atoms with Crippen LogP contribution in [0.1, 0.15) is 30.5 Å². The molecule has 1 unspecified atom stereocenters. The number of amides is 1. The highest BCUT2D eigenvalue weighted by Gasteiger charge is 2.48. The largest absolute Gasteiger partial charge is 0.507 e. The van der Waals surface area contributed by atoms with Crippen molar-refractivity contribution < 1.29 is 24.2 Å². The summed E-state index contributed by atoms with van der Waals surface area (Å²) in [6, 6.07) is 15.9. The second kappa shape index (κ2) is 10.6. The normalized spacial score (nSPS) is 16.8. The Balaban J connectivity index is 1.66. The summed E-state index contributed by atoms with van der Waals surface area (Å²) in [6.07, 6.45) is 0.855. The zero-order valence-electron chi connectivity index (χ0n) is 20.4. The Kier molecular flexibility index (Phi) is 7.29. The molecule has 38 heavy (non-hydrogen) atoms. The molecule has 7 nitrogen and oxygen atoms in total. The Morgan fingerprint density at radius 2 is 1.76 bits per heavy atom. The molecule has 1 saturated heterocycles. The maximum Gasteiger partial charge on any atom is 0.301 e. The van der Waals surface area contributed by atoms with E-state index in [0.29, 0.717) is 44.9 Å². The minimum absolute atomic E-state index is 0.0764. The van der Waals surface area contributed by atoms with Crippen LogP contribution in [0.5, 0.6) is 11.5 Å². The number of hydrogen-bond acceptors (Lipinski definition) is 7. The number of aliphatic hydroxyl groups excluding tert-OH is 1. The van der Waals surface area contributed by atoms with Gasteiger partial charge >= 0.3 is 5.91 Å². The molecule has 0 spiro atoms. The summed E-state index contributed by atoms with van der Waals surface area (Å²) < 4.78 is 11.7. The Morgan fingerprint density at radius 3 is 2.45 bits per heavy atom. The van der Waals surface area contributed by atoms with Crippen LogP contribution >= 0.6 is 34.5 Å². The van der Waals surface area contributed by atoms with Crippen LogP contribution in [0.2, 0.25) is 10.0 Å². The number of carbonyl (C=O) groups is 2. The van der Waals surface area contributed by atoms with Crippen LogP contribution in [0.3, 0.4) is 0 Å². The van der Waals surface area contributed by atoms with Gasteiger partial charge in [-0.25, -0.2) is 4.98 Å². The number of aromatic nitrogens is 1. The van der Waals surface area contributed by atoms with Gasteiger partial charge in [0.25, 0.3) is 5.78 Å². The third kappa shape index (κ3) is 4.71. The van der Waals surface area contributed by atoms with E-state index in [2.05, 4.69) is 4.98 Å². The topological polar surface area (TPSA) is 89.0 Å². The molecule has 1 amide bonds. The number of methoxy groups -OCH3 is 1. The van der Waals surface area contributed by atoms with Crippen LogP contribution in [0.4, 0.5) is 5.13 Å². The molecule has 4 aromatic rings. The number of nitrogens with zero attached hydrogens (tertiary/aromatic N) is 2. The van der Waals surface area contributed by atoms with Crippen molar-refractivity contribution in [3.05, 3.63) is 87.4 Å². The first-order chi connectivity index (χ1) is 18.3. The second-order valence-corrected chi connectivity index (χ2v) is 10.4. The van der Waals surface area contributed by atoms with Crippen molar-refractivity contribution in [1.29, 1.82) is 0 Å². The van der Waals surface area contributed by atoms with Crippen LogP contribution < -0.4 is 14.4 Å². The quantitative estimate of drug-likeness (QED) is 0.146. The molecule has 10 heteroatoms. The highest BCUT2D eigenvalue weighted by atomic mass is 35.5. The zero-order chi connectivity index (χ0) is 27.0. The number of Topliss-reactive ketones (excluding diaryl/α,β-unsaturated/α-hetero) is 1. The third-order valence-corrected chi connectivity index (χ3v) is 7.85. The number of hydrogen-bond donors (Lipinski definition) is 1. The summed E-state index contributed by atoms with van der Waals surface area (Å²) >= 11 is 13.7. The number of ether oxygens (including phenoxy) is 2. The summed E-state index contributed by atoms with van der Waals surface area (Å²) in [4.78, 5) is 32.8. The van der Waals surface area contributed by atoms with Gasteiger partial charge < -0.3 is 14.6 Å². The summed E-state index contributed by atoms with van der Waals surface area (Å²) in [5, 5.41) is 12.2. The SMILES string of the molecule is CCCOc1ccc(/C(O)=C2\C(=O)C(=O)N(c3nc4ccc(OC)cc4s3)C2c2ccc(Cl)c(Cl)c2)cc1. The molecule has 1 aromatic heterocycles. The second-order valence-electron chi connectivity index (χ2n) is 8.55. The van der Waals surface area contributed by atoms with E-state index in [1.807, 2.05) is 13.0 Å². The van der Waals surface area contributed by atoms with E-state index in [1.54, 1.807) is 61.7 Å². The molecule has 2 heterocycles. The number of thiazole rings is 1. The average molecular weight is 569 g/mol. The van der Waals surface area contributed by atoms with Crippen molar-refractivity contribution >= 4 is 67.3 Å². The lowest BCUT2D eigenvalue weighted by atomic mass is 9.95. The van der Waals surface area contributed by atoms with E-state index in [4.69, 9.17) is 32.7 Å². The van der Waals surface area contributed by atoms with Gasteiger partial charge in [0.05, 0.1) is 45.6 Å². The number of anilines is 1. The number of halogens is 2. The highest BCUT2D eigenvalue weighted by molar-refractivity contribution is 7.22. The first kappa shape index (κ1) is 26.0. The Bertz CT molecular complexity index is 1580. The minimum atomic E-state index is -0.983. The van der Waals surface area contributed by atoms with Gasteiger partial charge in [-0.15, -0.1) is 0 Å². The third-order valence-electron chi connectivity index (χ3n) is 6.09. The van der Waals surface area contributed by atoms with E-state index in [-0.39, 0.29) is 16.4 Å². The van der Waals surface area contributed by atoms with Crippen molar-refractivity contribution in [3.63, 3.8) is 0 Å². The highest BCUT2D eigenvalue weighted by Crippen LogP contribution is 2.45. The van der Waals surface area contributed by atoms with Crippen LogP contribution in [0, 0.1) is 0 Å². The van der Waals surface area contributed by atoms with Crippen LogP contribution in [-0.2, 0) is 9.59 Å². The lowest BCUT2D eigenvalue weighted by Gasteiger charge is -2.23. The number of rotatable bonds is 7. The molecular weight excluding hydrogens is 547 g/mol. The molecule has 1 aliphatic rings. The standard InChI is InChI=1S/C28H22Cl2N2O5S/c1-3-12-37-17-7-4-15(5-8-17)25(33)23-24(16-6-10-19(29)20(30)13-16)32(27(35)26(23)34)28-31-21-11-9-18(36-2)14-22(21)38-28/h4-11,13-14,24,33H,3,12H2,1-2H3/b25-23+. The maximum absolute atomic E-state index is 13.5. The van der Waals surface area contributed by atoms with Gasteiger partial charge in [0.15, 0.2) is 5.13 Å². The van der Waals surface area contributed by atoms with Crippen molar-refractivity contribution in [2.75, 3.05) is 18.6 Å². The van der Waals surface area contributed by atoms with Crippen molar-refractivity contribution in [1.82, 2.24) is 4.98 Å². The summed E-state index contributed by atoms with van der Waals surface area (Å²) in [5.74, 6) is -0.679. The number of carbonyl (C=O) groups excluding carboxylic acids is 2. The first-order valence-electron chi connectivity index (χ1n) is 11.8. The molecule has 1 aliphatic heterocycles. The number of benzene rings is 3. The Labute approximate surface area is 232 Å². The molecule has 3 aromatic carbocycles. The van der Waals surface area contributed by atoms with Gasteiger partial charge in [0.1, 0.15) is 17.3 Å². The van der Waals surface area contributed by atoms with Crippen molar-refractivity contribution in [3.8, 4) is 11.5 Å². The first-order valence-corrected chi connectivity index (χ1v) is 13.3. The lowest BCUT2D eigenvalue weighted by Crippen LogP contribution is -2.29. The molecule has 0 saturated carbocycles. The van der Waals surface area contributed by atoms with Crippen molar-refractivity contribution in [2.45, 2.75) is 19.4 Å². The van der Waals surface area contributed by atoms with Gasteiger partial charge in [-0.1, -0.05) is 47.5 Å². The van der Waals surface area contributed by atoms with Gasteiger partial charge in [0, 0.05) is 5.56 Å². The van der Waals surface area contributed by atoms with Gasteiger partial charge in [-0.3, -0.25) is 14.5 Å².